The summed E-state index contributed by atoms with van der Waals surface area (Å²) in [6.07, 6.45) is 0. The van der Waals surface area contributed by atoms with Crippen molar-refractivity contribution in [2.45, 2.75) is 0 Å². The van der Waals surface area contributed by atoms with Crippen LogP contribution in [0.2, 0.25) is 0 Å². The molecule has 0 spiro atoms. The van der Waals surface area contributed by atoms with Crippen molar-refractivity contribution in [1.82, 2.24) is 9.55 Å². The fourth-order valence-electron chi connectivity index (χ4n) is 3.07. The molecule has 1 N–H and O–H groups in total. The molecule has 2 heterocycles. The lowest BCUT2D eigenvalue weighted by Gasteiger charge is -2.09. The van der Waals surface area contributed by atoms with E-state index < -0.39 is 17.7 Å². The highest BCUT2D eigenvalue weighted by Crippen LogP contribution is 2.29. The Hall–Kier alpha value is -3.54. The molecule has 0 unspecified atom stereocenters. The zero-order valence-corrected chi connectivity index (χ0v) is 14.4. The average Bonchev–Trinajstić information content (AvgIpc) is 2.99. The molecule has 0 atom stereocenters. The first-order valence-corrected chi connectivity index (χ1v) is 8.32. The number of carbonyl (C=O) groups is 1. The lowest BCUT2D eigenvalue weighted by atomic mass is 10.2. The van der Waals surface area contributed by atoms with Crippen molar-refractivity contribution in [3.8, 4) is 11.3 Å². The van der Waals surface area contributed by atoms with Crippen LogP contribution < -0.4 is 5.32 Å². The Morgan fingerprint density at radius 1 is 1.00 bits per heavy atom. The maximum Gasteiger partial charge on any atom is 0.259 e. The Balaban J connectivity index is 1.66. The van der Waals surface area contributed by atoms with Gasteiger partial charge in [-0.25, -0.2) is 9.37 Å². The van der Waals surface area contributed by atoms with Crippen LogP contribution in [0, 0.1) is 11.8 Å². The number of aryl methyl sites for hydroxylation is 1. The quantitative estimate of drug-likeness (QED) is 0.533. The van der Waals surface area contributed by atoms with Crippen LogP contribution in [-0.2, 0) is 7.05 Å². The van der Waals surface area contributed by atoms with Gasteiger partial charge < -0.3 is 9.88 Å². The van der Waals surface area contributed by atoms with Crippen molar-refractivity contribution in [3.63, 3.8) is 0 Å². The second kappa shape index (κ2) is 6.64. The first-order chi connectivity index (χ1) is 13.0. The number of hydrogen-bond acceptors (Lipinski definition) is 2. The first-order valence-electron chi connectivity index (χ1n) is 8.32. The molecule has 0 radical (unpaired) electrons. The van der Waals surface area contributed by atoms with Gasteiger partial charge in [0.25, 0.3) is 5.91 Å². The van der Waals surface area contributed by atoms with Crippen LogP contribution in [0.3, 0.4) is 0 Å². The Morgan fingerprint density at radius 3 is 2.48 bits per heavy atom. The molecule has 2 aromatic heterocycles. The molecule has 4 nitrogen and oxygen atoms in total. The highest BCUT2D eigenvalue weighted by Gasteiger charge is 2.16. The Morgan fingerprint density at radius 2 is 1.74 bits per heavy atom. The van der Waals surface area contributed by atoms with Crippen LogP contribution >= 0.6 is 0 Å². The van der Waals surface area contributed by atoms with Crippen LogP contribution in [0.1, 0.15) is 10.4 Å². The summed E-state index contributed by atoms with van der Waals surface area (Å²) in [7, 11) is 1.85. The van der Waals surface area contributed by atoms with E-state index >= 15 is 0 Å². The van der Waals surface area contributed by atoms with Crippen LogP contribution in [0.5, 0.6) is 0 Å². The zero-order valence-electron chi connectivity index (χ0n) is 14.4. The molecule has 0 aliphatic carbocycles. The topological polar surface area (TPSA) is 46.9 Å². The van der Waals surface area contributed by atoms with E-state index in [0.29, 0.717) is 11.3 Å². The van der Waals surface area contributed by atoms with E-state index in [-0.39, 0.29) is 11.4 Å². The van der Waals surface area contributed by atoms with E-state index in [0.717, 1.165) is 10.9 Å². The number of hydrogen-bond donors (Lipinski definition) is 1. The number of pyridine rings is 1. The number of aromatic nitrogens is 2. The van der Waals surface area contributed by atoms with Crippen LogP contribution in [0.4, 0.5) is 14.6 Å². The van der Waals surface area contributed by atoms with Gasteiger partial charge in [0.05, 0.1) is 16.8 Å². The van der Waals surface area contributed by atoms with Crippen molar-refractivity contribution in [1.29, 1.82) is 0 Å². The number of amides is 1. The molecule has 0 saturated heterocycles. The summed E-state index contributed by atoms with van der Waals surface area (Å²) in [5.74, 6) is -2.03. The third-order valence-electron chi connectivity index (χ3n) is 4.44. The first kappa shape index (κ1) is 16.9. The predicted molar refractivity (Wildman–Crippen MR) is 100 cm³/mol. The number of halogens is 2. The molecule has 0 saturated carbocycles. The van der Waals surface area contributed by atoms with Gasteiger partial charge >= 0.3 is 0 Å². The Kier molecular flexibility index (Phi) is 4.16. The van der Waals surface area contributed by atoms with E-state index in [9.17, 15) is 13.6 Å². The molecule has 27 heavy (non-hydrogen) atoms. The number of nitrogens with zero attached hydrogens (tertiary/aromatic N) is 2. The lowest BCUT2D eigenvalue weighted by molar-refractivity contribution is 0.102. The number of anilines is 1. The minimum atomic E-state index is -0.716. The van der Waals surface area contributed by atoms with Gasteiger partial charge in [0.1, 0.15) is 11.6 Å². The van der Waals surface area contributed by atoms with E-state index in [2.05, 4.69) is 10.3 Å². The van der Waals surface area contributed by atoms with Crippen molar-refractivity contribution in [2.75, 3.05) is 5.32 Å². The van der Waals surface area contributed by atoms with Gasteiger partial charge in [0.15, 0.2) is 0 Å². The van der Waals surface area contributed by atoms with Gasteiger partial charge in [-0.2, -0.15) is 4.39 Å². The summed E-state index contributed by atoms with van der Waals surface area (Å²) >= 11 is 0. The maximum absolute atomic E-state index is 14.6. The number of benzene rings is 2. The molecule has 2 aromatic carbocycles. The summed E-state index contributed by atoms with van der Waals surface area (Å²) in [6, 6.07) is 18.2. The van der Waals surface area contributed by atoms with Gasteiger partial charge in [0, 0.05) is 18.0 Å². The lowest BCUT2D eigenvalue weighted by Crippen LogP contribution is -2.15. The molecule has 1 amide bonds. The summed E-state index contributed by atoms with van der Waals surface area (Å²) in [6.45, 7) is 0. The third-order valence-corrected chi connectivity index (χ3v) is 4.44. The van der Waals surface area contributed by atoms with Gasteiger partial charge in [-0.1, -0.05) is 30.3 Å². The molecule has 0 aliphatic heterocycles. The van der Waals surface area contributed by atoms with Crippen molar-refractivity contribution in [2.24, 2.45) is 7.05 Å². The third kappa shape index (κ3) is 3.06. The molecule has 6 heteroatoms. The Labute approximate surface area is 154 Å². The molecule has 134 valence electrons. The summed E-state index contributed by atoms with van der Waals surface area (Å²) in [4.78, 5) is 16.0. The van der Waals surface area contributed by atoms with Gasteiger partial charge in [0.2, 0.25) is 5.95 Å². The number of nitrogens with one attached hydrogen (secondary N) is 1. The second-order valence-electron chi connectivity index (χ2n) is 6.12. The molecule has 4 aromatic rings. The highest BCUT2D eigenvalue weighted by atomic mass is 19.1. The van der Waals surface area contributed by atoms with Gasteiger partial charge in [-0.05, 0) is 36.4 Å². The fourth-order valence-corrected chi connectivity index (χ4v) is 3.07. The minimum absolute atomic E-state index is 0.0169. The number of carbonyl (C=O) groups excluding carboxylic acids is 1. The normalized spacial score (nSPS) is 10.9. The maximum atomic E-state index is 14.6. The molecule has 4 rings (SSSR count). The summed E-state index contributed by atoms with van der Waals surface area (Å²) in [5, 5.41) is 3.41. The van der Waals surface area contributed by atoms with Crippen LogP contribution in [-0.4, -0.2) is 15.5 Å². The SMILES string of the molecule is Cn1c(-c2ccc(NC(=O)c3ccccc3F)nc2F)cc2ccccc21. The fraction of sp³-hybridized carbons (Fsp3) is 0.0476. The van der Waals surface area contributed by atoms with Crippen molar-refractivity contribution in [3.05, 3.63) is 84.1 Å². The standard InChI is InChI=1S/C21H15F2N3O/c1-26-17-9-5-2-6-13(17)12-18(26)15-10-11-19(24-20(15)23)25-21(27)14-7-3-4-8-16(14)22/h2-12H,1H3,(H,24,25,27). The number of para-hydroxylation sites is 1. The molecule has 0 aliphatic rings. The smallest absolute Gasteiger partial charge is 0.259 e. The summed E-state index contributed by atoms with van der Waals surface area (Å²) in [5.41, 5.74) is 1.84. The predicted octanol–water partition coefficient (Wildman–Crippen LogP) is 4.77. The Bertz CT molecular complexity index is 1170. The summed E-state index contributed by atoms with van der Waals surface area (Å²) < 4.78 is 30.2. The molecule has 0 fully saturated rings. The number of rotatable bonds is 3. The molecular weight excluding hydrogens is 348 g/mol. The van der Waals surface area contributed by atoms with E-state index in [4.69, 9.17) is 0 Å². The van der Waals surface area contributed by atoms with E-state index in [1.165, 1.54) is 24.3 Å². The van der Waals surface area contributed by atoms with Crippen molar-refractivity contribution < 1.29 is 13.6 Å². The largest absolute Gasteiger partial charge is 0.343 e. The molecular formula is C21H15F2N3O. The number of fused-ring (bicyclic) bond motifs is 1. The highest BCUT2D eigenvalue weighted by molar-refractivity contribution is 6.04. The zero-order chi connectivity index (χ0) is 19.0. The monoisotopic (exact) mass is 363 g/mol. The second-order valence-corrected chi connectivity index (χ2v) is 6.12. The van der Waals surface area contributed by atoms with Gasteiger partial charge in [-0.15, -0.1) is 0 Å². The van der Waals surface area contributed by atoms with E-state index in [1.54, 1.807) is 12.1 Å². The van der Waals surface area contributed by atoms with Gasteiger partial charge in [-0.3, -0.25) is 4.79 Å². The minimum Gasteiger partial charge on any atom is -0.343 e. The van der Waals surface area contributed by atoms with Crippen LogP contribution in [0.15, 0.2) is 66.7 Å². The van der Waals surface area contributed by atoms with Crippen LogP contribution in [0.25, 0.3) is 22.2 Å². The average molecular weight is 363 g/mol. The van der Waals surface area contributed by atoms with E-state index in [1.807, 2.05) is 41.9 Å². The molecule has 0 bridgehead atoms. The van der Waals surface area contributed by atoms with Crippen molar-refractivity contribution >= 4 is 22.6 Å².